The van der Waals surface area contributed by atoms with Crippen molar-refractivity contribution >= 4 is 27.6 Å². The zero-order chi connectivity index (χ0) is 12.5. The summed E-state index contributed by atoms with van der Waals surface area (Å²) in [6.45, 7) is 2.89. The molecule has 0 aliphatic rings. The second kappa shape index (κ2) is 4.00. The molecule has 0 fully saturated rings. The first-order valence-corrected chi connectivity index (χ1v) is 5.73. The summed E-state index contributed by atoms with van der Waals surface area (Å²) in [4.78, 5) is 11.6. The molecule has 0 saturated carbocycles. The molecule has 3 aromatic rings. The van der Waals surface area contributed by atoms with Crippen molar-refractivity contribution in [3.8, 4) is 6.07 Å². The second-order valence-corrected chi connectivity index (χ2v) is 4.00. The van der Waals surface area contributed by atoms with Crippen molar-refractivity contribution < 1.29 is 0 Å². The van der Waals surface area contributed by atoms with Gasteiger partial charge >= 0.3 is 0 Å². The van der Waals surface area contributed by atoms with Gasteiger partial charge in [-0.15, -0.1) is 0 Å². The average molecular weight is 237 g/mol. The molecule has 0 aliphatic heterocycles. The predicted molar refractivity (Wildman–Crippen MR) is 70.3 cm³/mol. The number of hydrogen-bond acceptors (Lipinski definition) is 4. The number of nitrogens with one attached hydrogen (secondary N) is 2. The Balaban J connectivity index is 2.31. The first-order chi connectivity index (χ1) is 8.81. The maximum absolute atomic E-state index is 8.89. The number of aromatic amines is 1. The molecule has 0 atom stereocenters. The van der Waals surface area contributed by atoms with E-state index in [1.165, 1.54) is 0 Å². The van der Waals surface area contributed by atoms with Crippen molar-refractivity contribution in [1.29, 1.82) is 5.26 Å². The lowest BCUT2D eigenvalue weighted by atomic mass is 10.2. The molecule has 0 bridgehead atoms. The maximum Gasteiger partial charge on any atom is 0.141 e. The van der Waals surface area contributed by atoms with Crippen LogP contribution in [-0.4, -0.2) is 21.5 Å². The first-order valence-electron chi connectivity index (χ1n) is 5.73. The Labute approximate surface area is 103 Å². The molecule has 0 spiro atoms. The molecular weight excluding hydrogens is 226 g/mol. The third kappa shape index (κ3) is 1.55. The quantitative estimate of drug-likeness (QED) is 0.717. The minimum absolute atomic E-state index is 0.414. The van der Waals surface area contributed by atoms with Crippen LogP contribution in [0.15, 0.2) is 24.5 Å². The molecule has 5 nitrogen and oxygen atoms in total. The molecule has 0 amide bonds. The fourth-order valence-electron chi connectivity index (χ4n) is 2.04. The summed E-state index contributed by atoms with van der Waals surface area (Å²) in [6, 6.07) is 5.87. The molecule has 88 valence electrons. The van der Waals surface area contributed by atoms with Gasteiger partial charge in [0.1, 0.15) is 17.4 Å². The average Bonchev–Trinajstić information content (AvgIpc) is 2.76. The molecule has 2 N–H and O–H groups in total. The van der Waals surface area contributed by atoms with E-state index < -0.39 is 0 Å². The Morgan fingerprint density at radius 1 is 1.28 bits per heavy atom. The number of pyridine rings is 2. The molecule has 3 heterocycles. The molecule has 3 aromatic heterocycles. The van der Waals surface area contributed by atoms with Gasteiger partial charge in [-0.3, -0.25) is 0 Å². The summed E-state index contributed by atoms with van der Waals surface area (Å²) in [5.41, 5.74) is 3.09. The Hall–Kier alpha value is -2.61. The van der Waals surface area contributed by atoms with Gasteiger partial charge in [-0.05, 0) is 19.1 Å². The van der Waals surface area contributed by atoms with Crippen molar-refractivity contribution in [3.05, 3.63) is 30.2 Å². The van der Waals surface area contributed by atoms with Crippen LogP contribution in [0, 0.1) is 11.3 Å². The molecule has 0 aliphatic carbocycles. The van der Waals surface area contributed by atoms with Crippen LogP contribution in [0.25, 0.3) is 21.9 Å². The van der Waals surface area contributed by atoms with Gasteiger partial charge in [-0.1, -0.05) is 0 Å². The van der Waals surface area contributed by atoms with E-state index in [2.05, 4.69) is 26.3 Å². The van der Waals surface area contributed by atoms with Crippen LogP contribution in [0.2, 0.25) is 0 Å². The van der Waals surface area contributed by atoms with E-state index in [0.29, 0.717) is 5.69 Å². The van der Waals surface area contributed by atoms with Crippen LogP contribution in [0.5, 0.6) is 0 Å². The number of nitriles is 1. The summed E-state index contributed by atoms with van der Waals surface area (Å²) in [6.07, 6.45) is 3.46. The van der Waals surface area contributed by atoms with Gasteiger partial charge in [0.05, 0.1) is 23.6 Å². The zero-order valence-corrected chi connectivity index (χ0v) is 9.86. The van der Waals surface area contributed by atoms with Gasteiger partial charge in [-0.25, -0.2) is 9.97 Å². The largest absolute Gasteiger partial charge is 0.384 e. The van der Waals surface area contributed by atoms with Crippen molar-refractivity contribution in [3.63, 3.8) is 0 Å². The van der Waals surface area contributed by atoms with Gasteiger partial charge in [-0.2, -0.15) is 5.26 Å². The van der Waals surface area contributed by atoms with Crippen molar-refractivity contribution in [2.45, 2.75) is 6.92 Å². The number of aromatic nitrogens is 3. The molecule has 0 unspecified atom stereocenters. The van der Waals surface area contributed by atoms with Crippen LogP contribution in [0.3, 0.4) is 0 Å². The number of fused-ring (bicyclic) bond motifs is 3. The van der Waals surface area contributed by atoms with Crippen LogP contribution >= 0.6 is 0 Å². The van der Waals surface area contributed by atoms with Crippen molar-refractivity contribution in [1.82, 2.24) is 15.0 Å². The summed E-state index contributed by atoms with van der Waals surface area (Å²) in [5, 5.41) is 14.1. The molecular formula is C13H11N5. The first kappa shape index (κ1) is 10.5. The number of H-pyrrole nitrogens is 1. The Kier molecular flexibility index (Phi) is 2.34. The van der Waals surface area contributed by atoms with Crippen LogP contribution in [0.1, 0.15) is 12.6 Å². The lowest BCUT2D eigenvalue weighted by Crippen LogP contribution is -1.96. The molecule has 0 radical (unpaired) electrons. The molecule has 0 aromatic carbocycles. The number of nitrogens with zero attached hydrogens (tertiary/aromatic N) is 3. The molecule has 18 heavy (non-hydrogen) atoms. The highest BCUT2D eigenvalue weighted by Gasteiger charge is 2.07. The highest BCUT2D eigenvalue weighted by Crippen LogP contribution is 2.26. The number of anilines is 1. The molecule has 0 saturated heterocycles. The lowest BCUT2D eigenvalue weighted by Gasteiger charge is -2.01. The Bertz CT molecular complexity index is 766. The predicted octanol–water partition coefficient (Wildman–Crippen LogP) is 2.41. The van der Waals surface area contributed by atoms with E-state index in [1.807, 2.05) is 13.0 Å². The van der Waals surface area contributed by atoms with E-state index in [9.17, 15) is 0 Å². The van der Waals surface area contributed by atoms with E-state index >= 15 is 0 Å². The number of rotatable bonds is 2. The highest BCUT2D eigenvalue weighted by molar-refractivity contribution is 6.06. The lowest BCUT2D eigenvalue weighted by molar-refractivity contribution is 1.20. The highest BCUT2D eigenvalue weighted by atomic mass is 14.9. The van der Waals surface area contributed by atoms with E-state index in [-0.39, 0.29) is 0 Å². The Morgan fingerprint density at radius 2 is 2.17 bits per heavy atom. The summed E-state index contributed by atoms with van der Waals surface area (Å²) in [5.74, 6) is 0. The second-order valence-electron chi connectivity index (χ2n) is 4.00. The standard InChI is InChI=1S/C13H11N5/c1-2-15-9-4-11-10-3-8(5-14)16-7-12(10)18-13(11)17-6-9/h3-4,6-7,15H,2H2,1H3,(H,17,18). The van der Waals surface area contributed by atoms with Gasteiger partial charge < -0.3 is 10.3 Å². The van der Waals surface area contributed by atoms with Crippen LogP contribution < -0.4 is 5.32 Å². The SMILES string of the molecule is CCNc1cnc2[nH]c3cnc(C#N)cc3c2c1. The summed E-state index contributed by atoms with van der Waals surface area (Å²) in [7, 11) is 0. The third-order valence-electron chi connectivity index (χ3n) is 2.83. The normalized spacial score (nSPS) is 10.7. The summed E-state index contributed by atoms with van der Waals surface area (Å²) < 4.78 is 0. The third-order valence-corrected chi connectivity index (χ3v) is 2.83. The van der Waals surface area contributed by atoms with Crippen molar-refractivity contribution in [2.75, 3.05) is 11.9 Å². The van der Waals surface area contributed by atoms with Gasteiger partial charge in [0, 0.05) is 17.3 Å². The maximum atomic E-state index is 8.89. The topological polar surface area (TPSA) is 77.4 Å². The van der Waals surface area contributed by atoms with E-state index in [0.717, 1.165) is 34.2 Å². The van der Waals surface area contributed by atoms with Crippen LogP contribution in [-0.2, 0) is 0 Å². The van der Waals surface area contributed by atoms with Crippen LogP contribution in [0.4, 0.5) is 5.69 Å². The fraction of sp³-hybridized carbons (Fsp3) is 0.154. The smallest absolute Gasteiger partial charge is 0.141 e. The number of hydrogen-bond donors (Lipinski definition) is 2. The zero-order valence-electron chi connectivity index (χ0n) is 9.86. The minimum Gasteiger partial charge on any atom is -0.384 e. The summed E-state index contributed by atoms with van der Waals surface area (Å²) >= 11 is 0. The molecule has 3 rings (SSSR count). The van der Waals surface area contributed by atoms with E-state index in [4.69, 9.17) is 5.26 Å². The fourth-order valence-corrected chi connectivity index (χ4v) is 2.04. The molecule has 5 heteroatoms. The van der Waals surface area contributed by atoms with Gasteiger partial charge in [0.25, 0.3) is 0 Å². The van der Waals surface area contributed by atoms with Crippen molar-refractivity contribution in [2.24, 2.45) is 0 Å². The monoisotopic (exact) mass is 237 g/mol. The van der Waals surface area contributed by atoms with E-state index in [1.54, 1.807) is 18.5 Å². The minimum atomic E-state index is 0.414. The Morgan fingerprint density at radius 3 is 2.94 bits per heavy atom. The van der Waals surface area contributed by atoms with Gasteiger partial charge in [0.2, 0.25) is 0 Å². The van der Waals surface area contributed by atoms with Gasteiger partial charge in [0.15, 0.2) is 0 Å².